The number of carboxylic acids is 1. The molecule has 0 spiro atoms. The van der Waals surface area contributed by atoms with E-state index in [9.17, 15) is 9.59 Å². The van der Waals surface area contributed by atoms with Gasteiger partial charge in [0.15, 0.2) is 0 Å². The molecule has 0 aromatic heterocycles. The maximum Gasteiger partial charge on any atom is 0.306 e. The summed E-state index contributed by atoms with van der Waals surface area (Å²) in [6.07, 6.45) is 2.65. The zero-order valence-corrected chi connectivity index (χ0v) is 6.82. The molecule has 1 fully saturated rings. The molecule has 2 atom stereocenters. The Morgan fingerprint density at radius 3 is 2.33 bits per heavy atom. The van der Waals surface area contributed by atoms with Crippen LogP contribution in [0.4, 0.5) is 0 Å². The molecule has 4 nitrogen and oxygen atoms in total. The average Bonchev–Trinajstić information content (AvgIpc) is 2.04. The number of nitrogens with two attached hydrogens (primary N) is 1. The van der Waals surface area contributed by atoms with Gasteiger partial charge in [0.1, 0.15) is 0 Å². The van der Waals surface area contributed by atoms with Crippen molar-refractivity contribution in [3.63, 3.8) is 0 Å². The number of amides is 1. The van der Waals surface area contributed by atoms with Crippen LogP contribution in [0.25, 0.3) is 0 Å². The lowest BCUT2D eigenvalue weighted by Gasteiger charge is -2.23. The molecule has 4 heteroatoms. The third-order valence-electron chi connectivity index (χ3n) is 2.43. The Kier molecular flexibility index (Phi) is 2.68. The third-order valence-corrected chi connectivity index (χ3v) is 2.43. The molecule has 0 heterocycles. The predicted octanol–water partition coefficient (Wildman–Crippen LogP) is 0.363. The Labute approximate surface area is 70.7 Å². The Balaban J connectivity index is 2.51. The van der Waals surface area contributed by atoms with Crippen LogP contribution in [0.2, 0.25) is 0 Å². The van der Waals surface area contributed by atoms with Crippen LogP contribution in [0.3, 0.4) is 0 Å². The minimum Gasteiger partial charge on any atom is -0.481 e. The second-order valence-corrected chi connectivity index (χ2v) is 3.30. The van der Waals surface area contributed by atoms with Crippen molar-refractivity contribution in [3.8, 4) is 0 Å². The second-order valence-electron chi connectivity index (χ2n) is 3.30. The van der Waals surface area contributed by atoms with Crippen LogP contribution in [0, 0.1) is 11.8 Å². The van der Waals surface area contributed by atoms with E-state index < -0.39 is 5.97 Å². The van der Waals surface area contributed by atoms with Crippen LogP contribution in [-0.2, 0) is 9.59 Å². The highest BCUT2D eigenvalue weighted by atomic mass is 16.4. The summed E-state index contributed by atoms with van der Waals surface area (Å²) < 4.78 is 0. The Morgan fingerprint density at radius 2 is 1.83 bits per heavy atom. The van der Waals surface area contributed by atoms with Gasteiger partial charge in [-0.25, -0.2) is 0 Å². The highest BCUT2D eigenvalue weighted by Gasteiger charge is 2.29. The number of aliphatic carboxylic acids is 1. The third kappa shape index (κ3) is 1.96. The summed E-state index contributed by atoms with van der Waals surface area (Å²) in [7, 11) is 0. The zero-order valence-electron chi connectivity index (χ0n) is 6.82. The smallest absolute Gasteiger partial charge is 0.306 e. The summed E-state index contributed by atoms with van der Waals surface area (Å²) in [6, 6.07) is 0. The first-order chi connectivity index (χ1) is 5.61. The summed E-state index contributed by atoms with van der Waals surface area (Å²) >= 11 is 0. The molecule has 1 aliphatic rings. The van der Waals surface area contributed by atoms with Gasteiger partial charge in [-0.1, -0.05) is 6.42 Å². The van der Waals surface area contributed by atoms with Crippen molar-refractivity contribution in [3.05, 3.63) is 0 Å². The maximum atomic E-state index is 10.8. The molecule has 1 amide bonds. The van der Waals surface area contributed by atoms with Gasteiger partial charge in [-0.15, -0.1) is 0 Å². The fraction of sp³-hybridized carbons (Fsp3) is 0.750. The number of carbonyl (C=O) groups excluding carboxylic acids is 1. The van der Waals surface area contributed by atoms with Crippen LogP contribution in [0.15, 0.2) is 0 Å². The first-order valence-electron chi connectivity index (χ1n) is 4.13. The molecule has 0 aliphatic heterocycles. The number of rotatable bonds is 2. The van der Waals surface area contributed by atoms with Crippen molar-refractivity contribution < 1.29 is 14.7 Å². The number of primary amides is 1. The highest BCUT2D eigenvalue weighted by molar-refractivity contribution is 5.78. The number of hydrogen-bond acceptors (Lipinski definition) is 2. The van der Waals surface area contributed by atoms with Gasteiger partial charge in [0.2, 0.25) is 5.91 Å². The lowest BCUT2D eigenvalue weighted by molar-refractivity contribution is -0.143. The van der Waals surface area contributed by atoms with E-state index in [1.54, 1.807) is 0 Å². The molecule has 12 heavy (non-hydrogen) atoms. The van der Waals surface area contributed by atoms with Crippen molar-refractivity contribution in [2.75, 3.05) is 0 Å². The highest BCUT2D eigenvalue weighted by Crippen LogP contribution is 2.28. The quantitative estimate of drug-likeness (QED) is 0.629. The first kappa shape index (κ1) is 9.03. The largest absolute Gasteiger partial charge is 0.481 e. The van der Waals surface area contributed by atoms with Gasteiger partial charge in [0, 0.05) is 5.92 Å². The monoisotopic (exact) mass is 171 g/mol. The molecule has 0 aromatic rings. The molecule has 0 aromatic carbocycles. The van der Waals surface area contributed by atoms with Gasteiger partial charge in [-0.2, -0.15) is 0 Å². The molecular formula is C8H13NO3. The van der Waals surface area contributed by atoms with Crippen molar-refractivity contribution in [1.29, 1.82) is 0 Å². The number of carbonyl (C=O) groups is 2. The minimum absolute atomic E-state index is 0.222. The van der Waals surface area contributed by atoms with Gasteiger partial charge < -0.3 is 10.8 Å². The van der Waals surface area contributed by atoms with E-state index in [0.29, 0.717) is 12.8 Å². The molecular weight excluding hydrogens is 158 g/mol. The average molecular weight is 171 g/mol. The summed E-state index contributed by atoms with van der Waals surface area (Å²) in [5, 5.41) is 8.69. The Morgan fingerprint density at radius 1 is 1.25 bits per heavy atom. The van der Waals surface area contributed by atoms with E-state index in [2.05, 4.69) is 0 Å². The number of hydrogen-bond donors (Lipinski definition) is 2. The summed E-state index contributed by atoms with van der Waals surface area (Å²) in [5.41, 5.74) is 5.10. The molecule has 0 saturated heterocycles. The van der Waals surface area contributed by atoms with Crippen molar-refractivity contribution in [1.82, 2.24) is 0 Å². The van der Waals surface area contributed by atoms with Gasteiger partial charge in [-0.05, 0) is 19.3 Å². The molecule has 0 radical (unpaired) electrons. The summed E-state index contributed by atoms with van der Waals surface area (Å²) in [6.45, 7) is 0. The topological polar surface area (TPSA) is 80.4 Å². The second kappa shape index (κ2) is 3.56. The number of carboxylic acid groups (broad SMARTS) is 1. The van der Waals surface area contributed by atoms with E-state index in [-0.39, 0.29) is 17.7 Å². The van der Waals surface area contributed by atoms with Crippen LogP contribution >= 0.6 is 0 Å². The van der Waals surface area contributed by atoms with Crippen LogP contribution in [-0.4, -0.2) is 17.0 Å². The lowest BCUT2D eigenvalue weighted by atomic mass is 9.81. The minimum atomic E-state index is -0.805. The van der Waals surface area contributed by atoms with Crippen LogP contribution in [0.5, 0.6) is 0 Å². The van der Waals surface area contributed by atoms with E-state index in [0.717, 1.165) is 12.8 Å². The Hall–Kier alpha value is -1.06. The molecule has 1 saturated carbocycles. The van der Waals surface area contributed by atoms with Crippen molar-refractivity contribution >= 4 is 11.9 Å². The van der Waals surface area contributed by atoms with Crippen LogP contribution < -0.4 is 5.73 Å². The van der Waals surface area contributed by atoms with Gasteiger partial charge in [0.05, 0.1) is 5.92 Å². The molecule has 3 N–H and O–H groups in total. The van der Waals surface area contributed by atoms with E-state index in [1.165, 1.54) is 0 Å². The fourth-order valence-electron chi connectivity index (χ4n) is 1.67. The normalized spacial score (nSPS) is 29.7. The molecule has 1 aliphatic carbocycles. The van der Waals surface area contributed by atoms with Crippen molar-refractivity contribution in [2.24, 2.45) is 17.6 Å². The van der Waals surface area contributed by atoms with E-state index >= 15 is 0 Å². The lowest BCUT2D eigenvalue weighted by Crippen LogP contribution is -2.31. The summed E-state index contributed by atoms with van der Waals surface area (Å²) in [5.74, 6) is -1.75. The standard InChI is InChI=1S/C8H13NO3/c9-7(10)5-2-1-3-6(4-5)8(11)12/h5-6H,1-4H2,(H2,9,10)(H,11,12)/t5-,6+/m1/s1. The molecule has 0 unspecified atom stereocenters. The van der Waals surface area contributed by atoms with Gasteiger partial charge >= 0.3 is 5.97 Å². The van der Waals surface area contributed by atoms with Crippen LogP contribution in [0.1, 0.15) is 25.7 Å². The SMILES string of the molecule is NC(=O)[C@@H]1CCC[C@H](C(=O)O)C1. The fourth-order valence-corrected chi connectivity index (χ4v) is 1.67. The molecule has 0 bridgehead atoms. The maximum absolute atomic E-state index is 10.8. The van der Waals surface area contributed by atoms with Crippen molar-refractivity contribution in [2.45, 2.75) is 25.7 Å². The van der Waals surface area contributed by atoms with Gasteiger partial charge in [0.25, 0.3) is 0 Å². The Bertz CT molecular complexity index is 182. The molecule has 1 rings (SSSR count). The van der Waals surface area contributed by atoms with E-state index in [4.69, 9.17) is 10.8 Å². The zero-order chi connectivity index (χ0) is 9.14. The summed E-state index contributed by atoms with van der Waals surface area (Å²) in [4.78, 5) is 21.3. The first-order valence-corrected chi connectivity index (χ1v) is 4.13. The van der Waals surface area contributed by atoms with Gasteiger partial charge in [-0.3, -0.25) is 9.59 Å². The van der Waals surface area contributed by atoms with E-state index in [1.807, 2.05) is 0 Å². The molecule has 68 valence electrons. The predicted molar refractivity (Wildman–Crippen MR) is 42.3 cm³/mol.